The van der Waals surface area contributed by atoms with Gasteiger partial charge in [0, 0.05) is 76.2 Å². The van der Waals surface area contributed by atoms with Crippen molar-refractivity contribution in [1.82, 2.24) is 56.1 Å². The van der Waals surface area contributed by atoms with Crippen molar-refractivity contribution in [2.24, 2.45) is 0 Å². The van der Waals surface area contributed by atoms with Gasteiger partial charge in [-0.2, -0.15) is 46.3 Å². The highest BCUT2D eigenvalue weighted by Gasteiger charge is 2.38. The van der Waals surface area contributed by atoms with E-state index in [4.69, 9.17) is 56.6 Å². The second-order valence-electron chi connectivity index (χ2n) is 29.2. The lowest BCUT2D eigenvalue weighted by molar-refractivity contribution is -0.139. The van der Waals surface area contributed by atoms with Crippen LogP contribution in [0.4, 0.5) is 26.3 Å². The van der Waals surface area contributed by atoms with E-state index >= 15 is 0 Å². The average Bonchev–Trinajstić information content (AvgIpc) is 1.68. The first kappa shape index (κ1) is 87.3. The SMILES string of the molecule is CC(C)Oc1ccc(-c2nc(-c3cccc4c3CCC4O)no2)cc1C(F)(F)F.CCOc1ccc(-c2nc(-c3cccc4c3CCC4NCCN(CC)CC)no2)cc1OCC.CCOc1ccc(-c2nc(-c3cccc4c3CCC4NCCO)no2)cc1OCC.CCOc1ccc(-c2nc(-c3cccc4c3CCC4O)no2)cc1C(F)(F)F. The predicted molar refractivity (Wildman–Crippen MR) is 442 cm³/mol. The maximum Gasteiger partial charge on any atom is 0.419 e. The van der Waals surface area contributed by atoms with Gasteiger partial charge in [0.15, 0.2) is 23.0 Å². The van der Waals surface area contributed by atoms with E-state index in [-0.39, 0.29) is 65.3 Å². The minimum Gasteiger partial charge on any atom is -0.493 e. The monoisotopic (exact) mass is 1670 g/mol. The van der Waals surface area contributed by atoms with Crippen molar-refractivity contribution in [2.75, 3.05) is 72.4 Å². The summed E-state index contributed by atoms with van der Waals surface area (Å²) in [4.78, 5) is 20.4. The first-order chi connectivity index (χ1) is 58.5. The van der Waals surface area contributed by atoms with Crippen LogP contribution in [0.2, 0.25) is 0 Å². The largest absolute Gasteiger partial charge is 0.493 e. The summed E-state index contributed by atoms with van der Waals surface area (Å²) in [5, 5.41) is 52.8. The molecular weight excluding hydrogens is 1570 g/mol. The van der Waals surface area contributed by atoms with Crippen molar-refractivity contribution in [1.29, 1.82) is 0 Å². The fourth-order valence-electron chi connectivity index (χ4n) is 15.6. The molecule has 4 atom stereocenters. The molecule has 4 heterocycles. The van der Waals surface area contributed by atoms with Gasteiger partial charge < -0.3 is 77.4 Å². The molecule has 4 aromatic heterocycles. The van der Waals surface area contributed by atoms with Gasteiger partial charge in [-0.1, -0.05) is 107 Å². The lowest BCUT2D eigenvalue weighted by atomic mass is 10.0. The summed E-state index contributed by atoms with van der Waals surface area (Å²) in [6.07, 6.45) is -3.99. The fraction of sp³-hybridized carbons (Fsp3) is 0.385. The second kappa shape index (κ2) is 39.8. The van der Waals surface area contributed by atoms with Gasteiger partial charge in [-0.25, -0.2) is 0 Å². The minimum absolute atomic E-state index is 0.0142. The summed E-state index contributed by atoms with van der Waals surface area (Å²) in [5.41, 5.74) is 12.3. The van der Waals surface area contributed by atoms with E-state index in [1.807, 2.05) is 100 Å². The molecule has 0 amide bonds. The number of benzene rings is 8. The predicted octanol–water partition coefficient (Wildman–Crippen LogP) is 18.9. The Balaban J connectivity index is 0.000000140. The van der Waals surface area contributed by atoms with Gasteiger partial charge in [-0.15, -0.1) is 0 Å². The molecule has 4 aliphatic carbocycles. The van der Waals surface area contributed by atoms with Crippen LogP contribution in [0.15, 0.2) is 164 Å². The number of aliphatic hydroxyl groups excluding tert-OH is 3. The molecule has 638 valence electrons. The number of hydrogen-bond acceptors (Lipinski definition) is 24. The van der Waals surface area contributed by atoms with E-state index < -0.39 is 41.8 Å². The Morgan fingerprint density at radius 2 is 0.727 bits per heavy atom. The summed E-state index contributed by atoms with van der Waals surface area (Å²) < 4.78 is 135. The van der Waals surface area contributed by atoms with E-state index in [1.54, 1.807) is 32.9 Å². The van der Waals surface area contributed by atoms with Crippen molar-refractivity contribution < 1.29 is 88.2 Å². The molecule has 12 aromatic rings. The van der Waals surface area contributed by atoms with Crippen LogP contribution in [-0.4, -0.2) is 139 Å². The third kappa shape index (κ3) is 20.4. The standard InChI is InChI=1S/C27H36N4O3.C23H27N3O4.C21H19F3N2O3.C20H17F3N2O3/c1-5-31(6-2)17-16-28-23-14-13-20-21(23)10-9-11-22(20)26-29-27(34-30-26)19-12-15-24(32-7-3)25(18-19)33-8-4;1-3-28-20-11-8-15(14-21(20)29-4-2)23-25-22(26-30-23)18-7-5-6-17-16(18)9-10-19(17)24-12-13-27;1-11(2)28-18-9-6-12(10-16(18)21(22,23)24)20-25-19(26-29-20)15-5-3-4-14-13(15)7-8-17(14)27;1-2-27-17-9-6-11(10-15(17)20(21,22)23)19-24-18(25-28-19)14-5-3-4-13-12(14)7-8-16(13)26/h9-12,15,18,23,28H,5-8,13-14,16-17H2,1-4H3;5-8,11,14,19,24,27H,3-4,9-10,12-13H2,1-2H3;3-6,9-11,17,27H,7-8H2,1-2H3;3-6,9-10,16,26H,2,7-8H2,1H3. The normalized spacial score (nSPS) is 15.7. The molecule has 0 radical (unpaired) electrons. The maximum absolute atomic E-state index is 13.5. The van der Waals surface area contributed by atoms with E-state index in [2.05, 4.69) is 89.2 Å². The number of alkyl halides is 6. The van der Waals surface area contributed by atoms with Gasteiger partial charge in [0.1, 0.15) is 11.5 Å². The Bertz CT molecular complexity index is 5470. The molecule has 121 heavy (non-hydrogen) atoms. The Kier molecular flexibility index (Phi) is 28.7. The number of aromatic nitrogens is 8. The van der Waals surface area contributed by atoms with Crippen LogP contribution in [0.5, 0.6) is 34.5 Å². The summed E-state index contributed by atoms with van der Waals surface area (Å²) in [6.45, 7) is 24.5. The van der Waals surface area contributed by atoms with Gasteiger partial charge in [-0.05, 0) is 230 Å². The summed E-state index contributed by atoms with van der Waals surface area (Å²) >= 11 is 0. The van der Waals surface area contributed by atoms with Crippen molar-refractivity contribution >= 4 is 0 Å². The van der Waals surface area contributed by atoms with E-state index in [9.17, 15) is 36.6 Å². The van der Waals surface area contributed by atoms with Crippen LogP contribution < -0.4 is 39.1 Å². The van der Waals surface area contributed by atoms with E-state index in [1.165, 1.54) is 46.5 Å². The number of nitrogens with one attached hydrogen (secondary N) is 2. The number of fused-ring (bicyclic) bond motifs is 4. The van der Waals surface area contributed by atoms with Gasteiger partial charge in [0.25, 0.3) is 23.6 Å². The smallest absolute Gasteiger partial charge is 0.419 e. The lowest BCUT2D eigenvalue weighted by Crippen LogP contribution is -2.33. The Morgan fingerprint density at radius 3 is 1.09 bits per heavy atom. The van der Waals surface area contributed by atoms with Crippen molar-refractivity contribution in [3.05, 3.63) is 201 Å². The van der Waals surface area contributed by atoms with Gasteiger partial charge >= 0.3 is 12.4 Å². The quantitative estimate of drug-likeness (QED) is 0.0272. The number of hydrogen-bond donors (Lipinski definition) is 5. The molecule has 0 bridgehead atoms. The second-order valence-corrected chi connectivity index (χ2v) is 29.2. The van der Waals surface area contributed by atoms with Crippen LogP contribution in [0.1, 0.15) is 168 Å². The minimum atomic E-state index is -4.58. The Morgan fingerprint density at radius 1 is 0.405 bits per heavy atom. The molecular formula is C91H99F6N11O13. The first-order valence-electron chi connectivity index (χ1n) is 41.1. The third-order valence-electron chi connectivity index (χ3n) is 21.2. The number of rotatable bonds is 29. The average molecular weight is 1670 g/mol. The highest BCUT2D eigenvalue weighted by Crippen LogP contribution is 2.46. The summed E-state index contributed by atoms with van der Waals surface area (Å²) in [7, 11) is 0. The summed E-state index contributed by atoms with van der Waals surface area (Å²) in [6, 6.07) is 42.8. The molecule has 4 aliphatic rings. The zero-order chi connectivity index (χ0) is 85.5. The van der Waals surface area contributed by atoms with Gasteiger partial charge in [0.05, 0.1) is 69.1 Å². The van der Waals surface area contributed by atoms with E-state index in [0.717, 1.165) is 109 Å². The molecule has 30 heteroatoms. The summed E-state index contributed by atoms with van der Waals surface area (Å²) in [5.74, 6) is 4.93. The third-order valence-corrected chi connectivity index (χ3v) is 21.2. The van der Waals surface area contributed by atoms with Gasteiger partial charge in [-0.3, -0.25) is 0 Å². The van der Waals surface area contributed by atoms with Crippen LogP contribution in [-0.2, 0) is 38.0 Å². The maximum atomic E-state index is 13.5. The number of aliphatic hydroxyl groups is 3. The number of halogens is 6. The molecule has 0 spiro atoms. The molecule has 0 fully saturated rings. The van der Waals surface area contributed by atoms with Crippen molar-refractivity contribution in [3.8, 4) is 126 Å². The Labute approximate surface area is 696 Å². The zero-order valence-electron chi connectivity index (χ0n) is 68.9. The van der Waals surface area contributed by atoms with Crippen molar-refractivity contribution in [3.63, 3.8) is 0 Å². The highest BCUT2D eigenvalue weighted by molar-refractivity contribution is 5.72. The van der Waals surface area contributed by atoms with Crippen LogP contribution in [0, 0.1) is 0 Å². The van der Waals surface area contributed by atoms with E-state index in [0.29, 0.717) is 122 Å². The van der Waals surface area contributed by atoms with Crippen LogP contribution in [0.25, 0.3) is 91.4 Å². The topological polar surface area (TPSA) is 299 Å². The first-order valence-corrected chi connectivity index (χ1v) is 41.1. The highest BCUT2D eigenvalue weighted by atomic mass is 19.4. The Hall–Kier alpha value is -11.5. The molecule has 0 saturated heterocycles. The molecule has 24 nitrogen and oxygen atoms in total. The number of likely N-dealkylation sites (N-methyl/N-ethyl adjacent to an activating group) is 1. The zero-order valence-corrected chi connectivity index (χ0v) is 68.9. The molecule has 8 aromatic carbocycles. The van der Waals surface area contributed by atoms with Crippen LogP contribution >= 0.6 is 0 Å². The fourth-order valence-corrected chi connectivity index (χ4v) is 15.6. The molecule has 0 saturated carbocycles. The number of ether oxygens (including phenoxy) is 6. The van der Waals surface area contributed by atoms with Crippen molar-refractivity contribution in [2.45, 2.75) is 156 Å². The van der Waals surface area contributed by atoms with Crippen LogP contribution in [0.3, 0.4) is 0 Å². The van der Waals surface area contributed by atoms with Gasteiger partial charge in [0.2, 0.25) is 23.3 Å². The number of nitrogens with zero attached hydrogens (tertiary/aromatic N) is 9. The molecule has 5 N–H and O–H groups in total. The molecule has 16 rings (SSSR count). The molecule has 4 unspecified atom stereocenters. The molecule has 0 aliphatic heterocycles. The lowest BCUT2D eigenvalue weighted by Gasteiger charge is -2.20.